The molecule has 2 aromatic rings. The van der Waals surface area contributed by atoms with Crippen molar-refractivity contribution >= 4 is 91.6 Å². The third-order valence-corrected chi connectivity index (χ3v) is 10.1. The Morgan fingerprint density at radius 1 is 0.667 bits per heavy atom. The minimum absolute atomic E-state index is 0.146. The van der Waals surface area contributed by atoms with Gasteiger partial charge in [0.15, 0.2) is 0 Å². The lowest BCUT2D eigenvalue weighted by atomic mass is 10.1. The van der Waals surface area contributed by atoms with E-state index < -0.39 is 0 Å². The van der Waals surface area contributed by atoms with Crippen LogP contribution < -0.4 is 10.6 Å². The monoisotopic (exact) mass is 640 g/mol. The molecule has 0 spiro atoms. The third kappa shape index (κ3) is 7.66. The van der Waals surface area contributed by atoms with E-state index in [1.165, 1.54) is 9.80 Å². The molecule has 0 bridgehead atoms. The SMILES string of the molecule is Cc1ccc(NC(=O)CCCN2C(=O)/C(=C3\SC(=S)N(CCCC(=O)Nc4ccc(C)c(C)c4)C3=O)SC2=S)cc1C. The number of thiocarbonyl (C=S) groups is 2. The second-order valence-electron chi connectivity index (χ2n) is 10.2. The molecule has 2 N–H and O–H groups in total. The van der Waals surface area contributed by atoms with Gasteiger partial charge in [-0.1, -0.05) is 60.1 Å². The molecule has 12 heteroatoms. The summed E-state index contributed by atoms with van der Waals surface area (Å²) in [5, 5.41) is 5.77. The van der Waals surface area contributed by atoms with Crippen LogP contribution in [0.2, 0.25) is 0 Å². The van der Waals surface area contributed by atoms with Crippen molar-refractivity contribution in [3.05, 3.63) is 68.5 Å². The van der Waals surface area contributed by atoms with Crippen LogP contribution >= 0.6 is 48.0 Å². The Hall–Kier alpha value is -3.06. The summed E-state index contributed by atoms with van der Waals surface area (Å²) in [4.78, 5) is 54.6. The molecular weight excluding hydrogens is 609 g/mol. The number of benzene rings is 2. The number of nitrogens with zero attached hydrogens (tertiary/aromatic N) is 2. The Kier molecular flexibility index (Phi) is 10.6. The van der Waals surface area contributed by atoms with E-state index in [-0.39, 0.29) is 59.4 Å². The van der Waals surface area contributed by atoms with E-state index in [0.717, 1.165) is 57.2 Å². The first kappa shape index (κ1) is 31.9. The number of hydrogen-bond donors (Lipinski definition) is 2. The van der Waals surface area contributed by atoms with Crippen LogP contribution in [-0.2, 0) is 19.2 Å². The van der Waals surface area contributed by atoms with Gasteiger partial charge in [-0.05, 0) is 87.1 Å². The number of aryl methyl sites for hydroxylation is 4. The van der Waals surface area contributed by atoms with Crippen molar-refractivity contribution in [2.45, 2.75) is 53.4 Å². The van der Waals surface area contributed by atoms with Gasteiger partial charge in [0.2, 0.25) is 11.8 Å². The lowest BCUT2D eigenvalue weighted by molar-refractivity contribution is -0.124. The molecule has 0 atom stereocenters. The van der Waals surface area contributed by atoms with Crippen molar-refractivity contribution in [1.82, 2.24) is 9.80 Å². The van der Waals surface area contributed by atoms with E-state index in [1.54, 1.807) is 0 Å². The van der Waals surface area contributed by atoms with E-state index in [1.807, 2.05) is 64.1 Å². The number of anilines is 2. The second-order valence-corrected chi connectivity index (χ2v) is 13.5. The van der Waals surface area contributed by atoms with E-state index >= 15 is 0 Å². The molecule has 2 aliphatic heterocycles. The zero-order valence-corrected chi connectivity index (χ0v) is 27.1. The highest BCUT2D eigenvalue weighted by Gasteiger charge is 2.41. The van der Waals surface area contributed by atoms with E-state index in [0.29, 0.717) is 21.5 Å². The van der Waals surface area contributed by atoms with Gasteiger partial charge >= 0.3 is 0 Å². The van der Waals surface area contributed by atoms with Crippen LogP contribution in [-0.4, -0.2) is 55.2 Å². The van der Waals surface area contributed by atoms with Gasteiger partial charge in [-0.3, -0.25) is 29.0 Å². The van der Waals surface area contributed by atoms with E-state index in [9.17, 15) is 19.2 Å². The van der Waals surface area contributed by atoms with Gasteiger partial charge in [0.1, 0.15) is 8.64 Å². The molecule has 2 aliphatic rings. The highest BCUT2D eigenvalue weighted by atomic mass is 32.2. The molecule has 4 amide bonds. The molecule has 0 saturated carbocycles. The molecule has 0 aromatic heterocycles. The average Bonchev–Trinajstić information content (AvgIpc) is 3.37. The number of carbonyl (C=O) groups is 4. The first-order chi connectivity index (χ1) is 19.9. The largest absolute Gasteiger partial charge is 0.326 e. The quantitative estimate of drug-likeness (QED) is 0.242. The fourth-order valence-electron chi connectivity index (χ4n) is 4.34. The lowest BCUT2D eigenvalue weighted by Gasteiger charge is -2.15. The van der Waals surface area contributed by atoms with Gasteiger partial charge in [0.25, 0.3) is 11.8 Å². The van der Waals surface area contributed by atoms with Crippen LogP contribution in [0.25, 0.3) is 0 Å². The average molecular weight is 641 g/mol. The molecule has 220 valence electrons. The van der Waals surface area contributed by atoms with Crippen molar-refractivity contribution in [2.24, 2.45) is 0 Å². The Bertz CT molecular complexity index is 1410. The summed E-state index contributed by atoms with van der Waals surface area (Å²) in [6.07, 6.45) is 1.28. The standard InChI is InChI=1S/C30H32N4O4S4/c1-17-9-11-21(15-19(17)3)31-23(35)7-5-13-33-27(37)25(41-29(33)39)26-28(38)34(30(40)42-26)14-6-8-24(36)32-22-12-10-18(2)20(4)16-22/h9-12,15-16H,5-8,13-14H2,1-4H3,(H,31,35)(H,32,36)/b26-25+. The summed E-state index contributed by atoms with van der Waals surface area (Å²) in [5.74, 6) is -1.000. The van der Waals surface area contributed by atoms with Gasteiger partial charge in [-0.2, -0.15) is 0 Å². The maximum atomic E-state index is 13.2. The summed E-state index contributed by atoms with van der Waals surface area (Å²) in [6, 6.07) is 11.5. The Morgan fingerprint density at radius 2 is 1.05 bits per heavy atom. The first-order valence-electron chi connectivity index (χ1n) is 13.5. The molecule has 0 aliphatic carbocycles. The Morgan fingerprint density at radius 3 is 1.40 bits per heavy atom. The summed E-state index contributed by atoms with van der Waals surface area (Å²) in [6.45, 7) is 8.53. The summed E-state index contributed by atoms with van der Waals surface area (Å²) >= 11 is 13.0. The highest BCUT2D eigenvalue weighted by molar-refractivity contribution is 8.29. The van der Waals surface area contributed by atoms with Crippen LogP contribution in [0.4, 0.5) is 11.4 Å². The van der Waals surface area contributed by atoms with Gasteiger partial charge in [-0.15, -0.1) is 0 Å². The zero-order valence-electron chi connectivity index (χ0n) is 23.9. The fourth-order valence-corrected chi connectivity index (χ4v) is 7.11. The van der Waals surface area contributed by atoms with Crippen LogP contribution in [0.15, 0.2) is 46.2 Å². The van der Waals surface area contributed by atoms with E-state index in [2.05, 4.69) is 10.6 Å². The topological polar surface area (TPSA) is 98.8 Å². The van der Waals surface area contributed by atoms with Gasteiger partial charge < -0.3 is 10.6 Å². The normalized spacial score (nSPS) is 17.0. The number of hydrogen-bond acceptors (Lipinski definition) is 8. The maximum absolute atomic E-state index is 13.2. The number of nitrogens with one attached hydrogen (secondary N) is 2. The molecular formula is C30H32N4O4S4. The predicted octanol–water partition coefficient (Wildman–Crippen LogP) is 5.99. The molecule has 2 saturated heterocycles. The Labute approximate surface area is 265 Å². The molecule has 2 aromatic carbocycles. The third-order valence-electron chi connectivity index (χ3n) is 7.06. The summed E-state index contributed by atoms with van der Waals surface area (Å²) in [7, 11) is 0. The summed E-state index contributed by atoms with van der Waals surface area (Å²) < 4.78 is 0.690. The molecule has 0 unspecified atom stereocenters. The molecule has 2 heterocycles. The van der Waals surface area contributed by atoms with Crippen molar-refractivity contribution in [1.29, 1.82) is 0 Å². The van der Waals surface area contributed by atoms with Gasteiger partial charge in [0, 0.05) is 37.3 Å². The maximum Gasteiger partial charge on any atom is 0.267 e. The predicted molar refractivity (Wildman–Crippen MR) is 178 cm³/mol. The van der Waals surface area contributed by atoms with Crippen molar-refractivity contribution < 1.29 is 19.2 Å². The summed E-state index contributed by atoms with van der Waals surface area (Å²) in [5.41, 5.74) is 5.95. The molecule has 4 rings (SSSR count). The molecule has 8 nitrogen and oxygen atoms in total. The minimum atomic E-state index is -0.354. The lowest BCUT2D eigenvalue weighted by Crippen LogP contribution is -2.31. The second kappa shape index (κ2) is 13.9. The molecule has 0 radical (unpaired) electrons. The van der Waals surface area contributed by atoms with Crippen molar-refractivity contribution in [3.63, 3.8) is 0 Å². The minimum Gasteiger partial charge on any atom is -0.326 e. The Balaban J connectivity index is 1.27. The van der Waals surface area contributed by atoms with Crippen LogP contribution in [0.1, 0.15) is 47.9 Å². The number of amides is 4. The van der Waals surface area contributed by atoms with Crippen molar-refractivity contribution in [2.75, 3.05) is 23.7 Å². The van der Waals surface area contributed by atoms with Gasteiger partial charge in [-0.25, -0.2) is 0 Å². The zero-order chi connectivity index (χ0) is 30.6. The van der Waals surface area contributed by atoms with E-state index in [4.69, 9.17) is 24.4 Å². The first-order valence-corrected chi connectivity index (χ1v) is 16.0. The molecule has 42 heavy (non-hydrogen) atoms. The van der Waals surface area contributed by atoms with Gasteiger partial charge in [0.05, 0.1) is 9.81 Å². The van der Waals surface area contributed by atoms with Crippen LogP contribution in [0.5, 0.6) is 0 Å². The number of thioether (sulfide) groups is 2. The van der Waals surface area contributed by atoms with Crippen LogP contribution in [0.3, 0.4) is 0 Å². The number of rotatable bonds is 10. The fraction of sp³-hybridized carbons (Fsp3) is 0.333. The molecule has 2 fully saturated rings. The van der Waals surface area contributed by atoms with Crippen LogP contribution in [0, 0.1) is 27.7 Å². The highest BCUT2D eigenvalue weighted by Crippen LogP contribution is 2.42. The van der Waals surface area contributed by atoms with Crippen molar-refractivity contribution in [3.8, 4) is 0 Å². The smallest absolute Gasteiger partial charge is 0.267 e. The number of carbonyl (C=O) groups excluding carboxylic acids is 4.